The number of aryl methyl sites for hydroxylation is 1. The second-order valence-corrected chi connectivity index (χ2v) is 9.53. The lowest BCUT2D eigenvalue weighted by Gasteiger charge is -2.29. The Balaban J connectivity index is 2.02. The predicted molar refractivity (Wildman–Crippen MR) is 120 cm³/mol. The van der Waals surface area contributed by atoms with Crippen LogP contribution < -0.4 is 4.31 Å². The van der Waals surface area contributed by atoms with Crippen LogP contribution in [0.3, 0.4) is 0 Å². The minimum absolute atomic E-state index is 0.118. The van der Waals surface area contributed by atoms with Gasteiger partial charge in [0.05, 0.1) is 10.6 Å². The lowest BCUT2D eigenvalue weighted by molar-refractivity contribution is -0.129. The number of benzene rings is 2. The number of amides is 2. The van der Waals surface area contributed by atoms with Gasteiger partial charge >= 0.3 is 0 Å². The van der Waals surface area contributed by atoms with Crippen LogP contribution in [0.1, 0.15) is 30.5 Å². The fraction of sp³-hybridized carbons (Fsp3) is 0.391. The van der Waals surface area contributed by atoms with Crippen LogP contribution >= 0.6 is 0 Å². The molecule has 0 saturated carbocycles. The monoisotopic (exact) mass is 443 g/mol. The summed E-state index contributed by atoms with van der Waals surface area (Å²) in [6.07, 6.45) is 1.47. The molecule has 3 rings (SSSR count). The van der Waals surface area contributed by atoms with E-state index >= 15 is 0 Å². The lowest BCUT2D eigenvalue weighted by Crippen LogP contribution is -2.43. The number of nitrogens with zero attached hydrogens (tertiary/aromatic N) is 3. The van der Waals surface area contributed by atoms with Crippen molar-refractivity contribution in [3.05, 3.63) is 59.2 Å². The number of carbonyl (C=O) groups excluding carboxylic acids is 2. The minimum Gasteiger partial charge on any atom is -0.342 e. The quantitative estimate of drug-likeness (QED) is 0.588. The van der Waals surface area contributed by atoms with E-state index in [-0.39, 0.29) is 17.3 Å². The molecule has 0 spiro atoms. The first-order valence-electron chi connectivity index (χ1n) is 10.5. The van der Waals surface area contributed by atoms with E-state index in [2.05, 4.69) is 0 Å². The Labute approximate surface area is 184 Å². The number of hydrogen-bond acceptors (Lipinski definition) is 4. The molecule has 1 aliphatic rings. The molecule has 0 saturated heterocycles. The first-order chi connectivity index (χ1) is 14.8. The van der Waals surface area contributed by atoms with Gasteiger partial charge in [-0.2, -0.15) is 0 Å². The third kappa shape index (κ3) is 4.90. The molecule has 31 heavy (non-hydrogen) atoms. The molecule has 1 heterocycles. The Morgan fingerprint density at radius 1 is 1.06 bits per heavy atom. The molecule has 0 aromatic heterocycles. The number of carbonyl (C=O) groups is 2. The summed E-state index contributed by atoms with van der Waals surface area (Å²) in [5, 5.41) is 0. The molecular weight excluding hydrogens is 414 g/mol. The van der Waals surface area contributed by atoms with Crippen LogP contribution in [0.5, 0.6) is 0 Å². The number of hydrogen-bond donors (Lipinski definition) is 0. The zero-order chi connectivity index (χ0) is 22.6. The van der Waals surface area contributed by atoms with E-state index in [4.69, 9.17) is 0 Å². The second-order valence-electron chi connectivity index (χ2n) is 7.67. The van der Waals surface area contributed by atoms with Crippen molar-refractivity contribution in [3.8, 4) is 0 Å². The van der Waals surface area contributed by atoms with Gasteiger partial charge in [0, 0.05) is 26.2 Å². The highest BCUT2D eigenvalue weighted by molar-refractivity contribution is 7.92. The van der Waals surface area contributed by atoms with E-state index in [0.29, 0.717) is 38.3 Å². The standard InChI is InChI=1S/C23H29N3O4S/c1-4-25(5-2)23(28)16-26(21-9-6-18(3)7-10-21)31(29,30)22-11-8-19-12-13-24(17-27)15-20(19)14-22/h6-11,14,17H,4-5,12-13,15-16H2,1-3H3. The number of sulfonamides is 1. The lowest BCUT2D eigenvalue weighted by atomic mass is 10.0. The summed E-state index contributed by atoms with van der Waals surface area (Å²) in [6.45, 7) is 7.41. The fourth-order valence-corrected chi connectivity index (χ4v) is 5.22. The molecule has 0 fully saturated rings. The van der Waals surface area contributed by atoms with Crippen LogP contribution in [0.4, 0.5) is 5.69 Å². The van der Waals surface area contributed by atoms with Crippen LogP contribution in [0.25, 0.3) is 0 Å². The molecule has 2 amide bonds. The molecule has 0 aliphatic carbocycles. The van der Waals surface area contributed by atoms with Crippen molar-refractivity contribution in [1.82, 2.24) is 9.80 Å². The Bertz CT molecular complexity index is 1050. The summed E-state index contributed by atoms with van der Waals surface area (Å²) in [4.78, 5) is 27.4. The van der Waals surface area contributed by atoms with Crippen LogP contribution in [-0.4, -0.2) is 56.7 Å². The van der Waals surface area contributed by atoms with Crippen molar-refractivity contribution in [1.29, 1.82) is 0 Å². The fourth-order valence-electron chi connectivity index (χ4n) is 3.76. The van der Waals surface area contributed by atoms with E-state index in [1.54, 1.807) is 34.1 Å². The smallest absolute Gasteiger partial charge is 0.264 e. The molecule has 8 heteroatoms. The highest BCUT2D eigenvalue weighted by atomic mass is 32.2. The third-order valence-corrected chi connectivity index (χ3v) is 7.44. The normalized spacial score (nSPS) is 13.5. The Hall–Kier alpha value is -2.87. The number of rotatable bonds is 8. The molecule has 0 bridgehead atoms. The maximum absolute atomic E-state index is 13.7. The summed E-state index contributed by atoms with van der Waals surface area (Å²) in [5.41, 5.74) is 3.30. The molecule has 1 aliphatic heterocycles. The highest BCUT2D eigenvalue weighted by Crippen LogP contribution is 2.27. The molecule has 2 aromatic rings. The zero-order valence-electron chi connectivity index (χ0n) is 18.2. The van der Waals surface area contributed by atoms with Gasteiger partial charge in [-0.25, -0.2) is 8.42 Å². The van der Waals surface area contributed by atoms with Gasteiger partial charge in [-0.05, 0) is 62.6 Å². The topological polar surface area (TPSA) is 78.0 Å². The van der Waals surface area contributed by atoms with Crippen LogP contribution in [0, 0.1) is 6.92 Å². The van der Waals surface area contributed by atoms with Crippen LogP contribution in [0.2, 0.25) is 0 Å². The maximum atomic E-state index is 13.7. The van der Waals surface area contributed by atoms with Crippen molar-refractivity contribution in [2.75, 3.05) is 30.5 Å². The van der Waals surface area contributed by atoms with Gasteiger partial charge in [0.25, 0.3) is 10.0 Å². The molecule has 7 nitrogen and oxygen atoms in total. The summed E-state index contributed by atoms with van der Waals surface area (Å²) >= 11 is 0. The molecular formula is C23H29N3O4S. The number of anilines is 1. The number of fused-ring (bicyclic) bond motifs is 1. The predicted octanol–water partition coefficient (Wildman–Crippen LogP) is 2.57. The molecule has 2 aromatic carbocycles. The summed E-state index contributed by atoms with van der Waals surface area (Å²) in [6, 6.07) is 12.1. The molecule has 0 N–H and O–H groups in total. The van der Waals surface area contributed by atoms with E-state index < -0.39 is 10.0 Å². The Morgan fingerprint density at radius 2 is 1.74 bits per heavy atom. The van der Waals surface area contributed by atoms with Crippen molar-refractivity contribution < 1.29 is 18.0 Å². The van der Waals surface area contributed by atoms with Crippen LogP contribution in [-0.2, 0) is 32.6 Å². The molecule has 0 unspecified atom stereocenters. The van der Waals surface area contributed by atoms with Crippen molar-refractivity contribution in [2.24, 2.45) is 0 Å². The Morgan fingerprint density at radius 3 is 2.35 bits per heavy atom. The van der Waals surface area contributed by atoms with Gasteiger partial charge < -0.3 is 9.80 Å². The van der Waals surface area contributed by atoms with Crippen molar-refractivity contribution >= 4 is 28.0 Å². The van der Waals surface area contributed by atoms with Gasteiger partial charge in [-0.3, -0.25) is 13.9 Å². The van der Waals surface area contributed by atoms with E-state index in [1.807, 2.05) is 39.0 Å². The maximum Gasteiger partial charge on any atom is 0.264 e. The number of likely N-dealkylation sites (N-methyl/N-ethyl adjacent to an activating group) is 1. The average molecular weight is 444 g/mol. The van der Waals surface area contributed by atoms with Gasteiger partial charge in [0.2, 0.25) is 12.3 Å². The van der Waals surface area contributed by atoms with E-state index in [0.717, 1.165) is 23.1 Å². The minimum atomic E-state index is -3.99. The summed E-state index contributed by atoms with van der Waals surface area (Å²) in [7, 11) is -3.99. The average Bonchev–Trinajstić information content (AvgIpc) is 2.78. The van der Waals surface area contributed by atoms with Crippen LogP contribution in [0.15, 0.2) is 47.4 Å². The zero-order valence-corrected chi connectivity index (χ0v) is 19.1. The molecule has 166 valence electrons. The van der Waals surface area contributed by atoms with E-state index in [9.17, 15) is 18.0 Å². The summed E-state index contributed by atoms with van der Waals surface area (Å²) < 4.78 is 28.5. The van der Waals surface area contributed by atoms with E-state index in [1.165, 1.54) is 4.31 Å². The van der Waals surface area contributed by atoms with Gasteiger partial charge in [-0.15, -0.1) is 0 Å². The Kier molecular flexibility index (Phi) is 7.00. The van der Waals surface area contributed by atoms with Gasteiger partial charge in [0.15, 0.2) is 0 Å². The SMILES string of the molecule is CCN(CC)C(=O)CN(c1ccc(C)cc1)S(=O)(=O)c1ccc2c(c1)CN(C=O)CC2. The first-order valence-corrected chi connectivity index (χ1v) is 11.9. The first kappa shape index (κ1) is 22.8. The van der Waals surface area contributed by atoms with Gasteiger partial charge in [-0.1, -0.05) is 23.8 Å². The highest BCUT2D eigenvalue weighted by Gasteiger charge is 2.29. The molecule has 0 atom stereocenters. The van der Waals surface area contributed by atoms with Gasteiger partial charge in [0.1, 0.15) is 6.54 Å². The van der Waals surface area contributed by atoms with Crippen molar-refractivity contribution in [3.63, 3.8) is 0 Å². The second kappa shape index (κ2) is 9.51. The summed E-state index contributed by atoms with van der Waals surface area (Å²) in [5.74, 6) is -0.251. The molecule has 0 radical (unpaired) electrons. The third-order valence-electron chi connectivity index (χ3n) is 5.67. The largest absolute Gasteiger partial charge is 0.342 e. The van der Waals surface area contributed by atoms with Crippen molar-refractivity contribution in [2.45, 2.75) is 38.6 Å².